The van der Waals surface area contributed by atoms with Crippen LogP contribution in [0.25, 0.3) is 16.7 Å². The van der Waals surface area contributed by atoms with Crippen LogP contribution in [-0.4, -0.2) is 11.2 Å². The molecule has 0 radical (unpaired) electrons. The van der Waals surface area contributed by atoms with Crippen molar-refractivity contribution in [3.05, 3.63) is 54.5 Å². The number of aromatic nitrogens is 1. The van der Waals surface area contributed by atoms with E-state index in [1.54, 1.807) is 6.20 Å². The average Bonchev–Trinajstić information content (AvgIpc) is 2.48. The van der Waals surface area contributed by atoms with E-state index >= 15 is 0 Å². The quantitative estimate of drug-likeness (QED) is 0.838. The van der Waals surface area contributed by atoms with Gasteiger partial charge in [-0.25, -0.2) is 0 Å². The van der Waals surface area contributed by atoms with E-state index in [0.717, 1.165) is 28.8 Å². The molecule has 0 spiro atoms. The molecular formula is C17H17N3. The van der Waals surface area contributed by atoms with Crippen LogP contribution in [0.2, 0.25) is 0 Å². The number of hydrogen-bond donors (Lipinski definition) is 1. The largest absolute Gasteiger partial charge is 0.399 e. The van der Waals surface area contributed by atoms with Crippen molar-refractivity contribution >= 4 is 17.5 Å². The molecule has 100 valence electrons. The summed E-state index contributed by atoms with van der Waals surface area (Å²) in [4.78, 5) is 8.45. The van der Waals surface area contributed by atoms with Crippen LogP contribution < -0.4 is 5.73 Å². The van der Waals surface area contributed by atoms with Crippen molar-refractivity contribution in [3.63, 3.8) is 0 Å². The van der Waals surface area contributed by atoms with Crippen molar-refractivity contribution in [2.45, 2.75) is 13.3 Å². The van der Waals surface area contributed by atoms with Gasteiger partial charge >= 0.3 is 0 Å². The third kappa shape index (κ3) is 2.48. The summed E-state index contributed by atoms with van der Waals surface area (Å²) in [5, 5.41) is 0. The Kier molecular flexibility index (Phi) is 3.33. The summed E-state index contributed by atoms with van der Waals surface area (Å²) in [6, 6.07) is 10.1. The Hall–Kier alpha value is -2.42. The number of nitrogens with two attached hydrogens (primary N) is 1. The van der Waals surface area contributed by atoms with Crippen molar-refractivity contribution in [1.29, 1.82) is 0 Å². The molecule has 0 saturated carbocycles. The van der Waals surface area contributed by atoms with Gasteiger partial charge in [0.15, 0.2) is 0 Å². The molecule has 0 fully saturated rings. The first-order valence-corrected chi connectivity index (χ1v) is 6.77. The second kappa shape index (κ2) is 5.29. The van der Waals surface area contributed by atoms with E-state index < -0.39 is 0 Å². The van der Waals surface area contributed by atoms with Crippen LogP contribution in [0.3, 0.4) is 0 Å². The Balaban J connectivity index is 2.08. The van der Waals surface area contributed by atoms with E-state index in [-0.39, 0.29) is 0 Å². The summed E-state index contributed by atoms with van der Waals surface area (Å²) in [7, 11) is 0. The highest BCUT2D eigenvalue weighted by atomic mass is 14.7. The van der Waals surface area contributed by atoms with Gasteiger partial charge in [-0.2, -0.15) is 0 Å². The molecule has 0 bridgehead atoms. The Labute approximate surface area is 118 Å². The van der Waals surface area contributed by atoms with E-state index in [0.29, 0.717) is 5.92 Å². The van der Waals surface area contributed by atoms with E-state index in [4.69, 9.17) is 5.73 Å². The number of nitrogens with zero attached hydrogens (tertiary/aromatic N) is 2. The normalized spacial score (nSPS) is 17.9. The predicted molar refractivity (Wildman–Crippen MR) is 84.3 cm³/mol. The molecule has 0 saturated heterocycles. The number of rotatable bonds is 2. The summed E-state index contributed by atoms with van der Waals surface area (Å²) in [6.07, 6.45) is 8.51. The lowest BCUT2D eigenvalue weighted by Crippen LogP contribution is -2.04. The number of allylic oxidation sites excluding steroid dienone is 1. The lowest BCUT2D eigenvalue weighted by Gasteiger charge is -2.18. The third-order valence-corrected chi connectivity index (χ3v) is 3.59. The van der Waals surface area contributed by atoms with Crippen molar-refractivity contribution in [2.24, 2.45) is 10.9 Å². The fraction of sp³-hybridized carbons (Fsp3) is 0.176. The van der Waals surface area contributed by atoms with Crippen LogP contribution in [-0.2, 0) is 0 Å². The summed E-state index contributed by atoms with van der Waals surface area (Å²) in [6.45, 7) is 2.21. The first-order valence-electron chi connectivity index (χ1n) is 6.77. The highest BCUT2D eigenvalue weighted by Crippen LogP contribution is 2.32. The Morgan fingerprint density at radius 1 is 1.15 bits per heavy atom. The van der Waals surface area contributed by atoms with Gasteiger partial charge in [0.1, 0.15) is 0 Å². The molecule has 0 amide bonds. The molecule has 1 unspecified atom stereocenters. The van der Waals surface area contributed by atoms with Crippen LogP contribution in [0, 0.1) is 5.92 Å². The molecule has 2 N–H and O–H groups in total. The summed E-state index contributed by atoms with van der Waals surface area (Å²) < 4.78 is 0. The molecule has 0 aliphatic carbocycles. The lowest BCUT2D eigenvalue weighted by atomic mass is 9.89. The highest BCUT2D eigenvalue weighted by molar-refractivity contribution is 5.80. The Morgan fingerprint density at radius 3 is 2.75 bits per heavy atom. The molecule has 1 aromatic carbocycles. The van der Waals surface area contributed by atoms with Gasteiger partial charge in [0.25, 0.3) is 0 Å². The van der Waals surface area contributed by atoms with Gasteiger partial charge in [-0.3, -0.25) is 9.98 Å². The van der Waals surface area contributed by atoms with Crippen LogP contribution in [0.5, 0.6) is 0 Å². The number of anilines is 1. The number of hydrogen-bond acceptors (Lipinski definition) is 3. The summed E-state index contributed by atoms with van der Waals surface area (Å²) in [5.74, 6) is 0.469. The molecule has 1 atom stereocenters. The van der Waals surface area contributed by atoms with E-state index in [1.165, 1.54) is 5.57 Å². The van der Waals surface area contributed by atoms with E-state index in [2.05, 4.69) is 23.0 Å². The minimum Gasteiger partial charge on any atom is -0.399 e. The van der Waals surface area contributed by atoms with E-state index in [9.17, 15) is 0 Å². The van der Waals surface area contributed by atoms with Crippen LogP contribution in [0.1, 0.15) is 18.9 Å². The molecule has 1 aromatic heterocycles. The number of pyridine rings is 1. The highest BCUT2D eigenvalue weighted by Gasteiger charge is 2.14. The maximum atomic E-state index is 6.06. The number of nitrogen functional groups attached to an aromatic ring is 1. The maximum absolute atomic E-state index is 6.06. The first-order chi connectivity index (χ1) is 9.74. The van der Waals surface area contributed by atoms with Crippen molar-refractivity contribution < 1.29 is 0 Å². The van der Waals surface area contributed by atoms with Gasteiger partial charge < -0.3 is 5.73 Å². The standard InChI is InChI=1S/C17H17N3/c1-12-4-6-20-11-17(12)15-7-14(8-16(18)9-15)13-3-2-5-19-10-13/h2-3,5-12H,4,18H2,1H3. The van der Waals surface area contributed by atoms with Crippen LogP contribution in [0.4, 0.5) is 5.69 Å². The maximum Gasteiger partial charge on any atom is 0.0346 e. The first kappa shape index (κ1) is 12.6. The fourth-order valence-electron chi connectivity index (χ4n) is 2.48. The molecule has 3 nitrogen and oxygen atoms in total. The minimum atomic E-state index is 0.469. The zero-order valence-corrected chi connectivity index (χ0v) is 11.5. The molecular weight excluding hydrogens is 246 g/mol. The second-order valence-electron chi connectivity index (χ2n) is 5.14. The topological polar surface area (TPSA) is 51.3 Å². The SMILES string of the molecule is CC1CC=NC=C1c1cc(N)cc(-c2cccnc2)c1. The number of benzene rings is 1. The molecule has 3 heteroatoms. The van der Waals surface area contributed by atoms with Crippen LogP contribution in [0.15, 0.2) is 53.9 Å². The van der Waals surface area contributed by atoms with Crippen molar-refractivity contribution in [1.82, 2.24) is 4.98 Å². The lowest BCUT2D eigenvalue weighted by molar-refractivity contribution is 0.788. The third-order valence-electron chi connectivity index (χ3n) is 3.59. The minimum absolute atomic E-state index is 0.469. The Bertz CT molecular complexity index is 672. The molecule has 2 heterocycles. The summed E-state index contributed by atoms with van der Waals surface area (Å²) in [5.41, 5.74) is 11.4. The van der Waals surface area contributed by atoms with Crippen molar-refractivity contribution in [2.75, 3.05) is 5.73 Å². The summed E-state index contributed by atoms with van der Waals surface area (Å²) >= 11 is 0. The van der Waals surface area contributed by atoms with Crippen molar-refractivity contribution in [3.8, 4) is 11.1 Å². The van der Waals surface area contributed by atoms with Crippen LogP contribution >= 0.6 is 0 Å². The second-order valence-corrected chi connectivity index (χ2v) is 5.14. The van der Waals surface area contributed by atoms with Gasteiger partial charge in [0.2, 0.25) is 0 Å². The van der Waals surface area contributed by atoms with E-state index in [1.807, 2.05) is 42.9 Å². The monoisotopic (exact) mass is 263 g/mol. The van der Waals surface area contributed by atoms with Gasteiger partial charge in [0, 0.05) is 36.1 Å². The predicted octanol–water partition coefficient (Wildman–Crippen LogP) is 3.78. The zero-order valence-electron chi connectivity index (χ0n) is 11.5. The average molecular weight is 263 g/mol. The smallest absolute Gasteiger partial charge is 0.0346 e. The van der Waals surface area contributed by atoms with Gasteiger partial charge in [-0.1, -0.05) is 13.0 Å². The molecule has 2 aromatic rings. The van der Waals surface area contributed by atoms with Gasteiger partial charge in [-0.05, 0) is 53.3 Å². The van der Waals surface area contributed by atoms with Gasteiger partial charge in [-0.15, -0.1) is 0 Å². The van der Waals surface area contributed by atoms with Gasteiger partial charge in [0.05, 0.1) is 0 Å². The molecule has 1 aliphatic heterocycles. The Morgan fingerprint density at radius 2 is 2.00 bits per heavy atom. The zero-order chi connectivity index (χ0) is 13.9. The number of aliphatic imine (C=N–C) groups is 1. The fourth-order valence-corrected chi connectivity index (χ4v) is 2.48. The molecule has 3 rings (SSSR count). The molecule has 1 aliphatic rings. The molecule has 20 heavy (non-hydrogen) atoms.